The summed E-state index contributed by atoms with van der Waals surface area (Å²) < 4.78 is 3.75. The van der Waals surface area contributed by atoms with Crippen molar-refractivity contribution in [2.45, 2.75) is 20.8 Å². The van der Waals surface area contributed by atoms with Crippen molar-refractivity contribution >= 4 is 23.1 Å². The highest BCUT2D eigenvalue weighted by Gasteiger charge is 2.13. The molecule has 0 atom stereocenters. The summed E-state index contributed by atoms with van der Waals surface area (Å²) in [5.41, 5.74) is 3.72. The molecule has 4 nitrogen and oxygen atoms in total. The number of benzene rings is 1. The minimum Gasteiger partial charge on any atom is -0.321 e. The Kier molecular flexibility index (Phi) is 3.19. The average molecular weight is 247 g/mol. The molecule has 0 spiro atoms. The molecule has 17 heavy (non-hydrogen) atoms. The molecule has 1 N–H and O–H groups in total. The van der Waals surface area contributed by atoms with Crippen LogP contribution in [0.2, 0.25) is 0 Å². The number of nitrogens with zero attached hydrogens (tertiary/aromatic N) is 2. The van der Waals surface area contributed by atoms with Crippen molar-refractivity contribution in [3.05, 3.63) is 39.9 Å². The molecule has 0 radical (unpaired) electrons. The first-order valence-corrected chi connectivity index (χ1v) is 6.03. The second-order valence-electron chi connectivity index (χ2n) is 3.96. The maximum absolute atomic E-state index is 12.0. The maximum Gasteiger partial charge on any atom is 0.269 e. The zero-order chi connectivity index (χ0) is 12.4. The summed E-state index contributed by atoms with van der Waals surface area (Å²) in [6, 6.07) is 5.92. The van der Waals surface area contributed by atoms with Gasteiger partial charge in [-0.15, -0.1) is 5.10 Å². The molecule has 2 rings (SSSR count). The van der Waals surface area contributed by atoms with Crippen molar-refractivity contribution in [2.75, 3.05) is 5.32 Å². The standard InChI is InChI=1S/C12H13N3OS/c1-7-4-5-10(8(2)6-7)13-12(16)11-9(3)14-15-17-11/h4-6H,1-3H3,(H,13,16). The molecule has 0 unspecified atom stereocenters. The smallest absolute Gasteiger partial charge is 0.269 e. The second kappa shape index (κ2) is 4.63. The Balaban J connectivity index is 2.22. The fourth-order valence-corrected chi connectivity index (χ4v) is 2.12. The summed E-state index contributed by atoms with van der Waals surface area (Å²) in [6.45, 7) is 5.77. The first-order chi connectivity index (χ1) is 8.08. The highest BCUT2D eigenvalue weighted by molar-refractivity contribution is 7.08. The van der Waals surface area contributed by atoms with E-state index in [-0.39, 0.29) is 5.91 Å². The van der Waals surface area contributed by atoms with Crippen LogP contribution in [0.4, 0.5) is 5.69 Å². The van der Waals surface area contributed by atoms with Crippen LogP contribution < -0.4 is 5.32 Å². The quantitative estimate of drug-likeness (QED) is 0.887. The molecule has 0 aliphatic heterocycles. The predicted molar refractivity (Wildman–Crippen MR) is 68.5 cm³/mol. The van der Waals surface area contributed by atoms with E-state index in [1.807, 2.05) is 32.0 Å². The van der Waals surface area contributed by atoms with Gasteiger partial charge in [0.05, 0.1) is 5.69 Å². The molecule has 0 aliphatic carbocycles. The third-order valence-corrected chi connectivity index (χ3v) is 3.31. The minimum atomic E-state index is -0.149. The van der Waals surface area contributed by atoms with E-state index < -0.39 is 0 Å². The molecule has 1 aromatic heterocycles. The third kappa shape index (κ3) is 2.50. The summed E-state index contributed by atoms with van der Waals surface area (Å²) in [4.78, 5) is 12.5. The monoisotopic (exact) mass is 247 g/mol. The predicted octanol–water partition coefficient (Wildman–Crippen LogP) is 2.72. The second-order valence-corrected chi connectivity index (χ2v) is 4.71. The maximum atomic E-state index is 12.0. The number of nitrogens with one attached hydrogen (secondary N) is 1. The van der Waals surface area contributed by atoms with Gasteiger partial charge in [-0.3, -0.25) is 4.79 Å². The van der Waals surface area contributed by atoms with Crippen LogP contribution in [0.3, 0.4) is 0 Å². The van der Waals surface area contributed by atoms with Gasteiger partial charge < -0.3 is 5.32 Å². The van der Waals surface area contributed by atoms with Gasteiger partial charge in [-0.1, -0.05) is 22.2 Å². The number of carbonyl (C=O) groups is 1. The largest absolute Gasteiger partial charge is 0.321 e. The van der Waals surface area contributed by atoms with Crippen LogP contribution in [0.25, 0.3) is 0 Å². The number of anilines is 1. The van der Waals surface area contributed by atoms with Crippen LogP contribution in [-0.2, 0) is 0 Å². The Morgan fingerprint density at radius 3 is 2.65 bits per heavy atom. The number of hydrogen-bond donors (Lipinski definition) is 1. The SMILES string of the molecule is Cc1ccc(NC(=O)c2snnc2C)c(C)c1. The first-order valence-electron chi connectivity index (χ1n) is 5.25. The molecule has 0 fully saturated rings. The number of carbonyl (C=O) groups excluding carboxylic acids is 1. The Labute approximate surface area is 104 Å². The van der Waals surface area contributed by atoms with Crippen LogP contribution in [-0.4, -0.2) is 15.5 Å². The third-order valence-electron chi connectivity index (χ3n) is 2.49. The molecule has 1 amide bonds. The average Bonchev–Trinajstić information content (AvgIpc) is 2.68. The van der Waals surface area contributed by atoms with Crippen molar-refractivity contribution in [1.29, 1.82) is 0 Å². The zero-order valence-corrected chi connectivity index (χ0v) is 10.8. The lowest BCUT2D eigenvalue weighted by Gasteiger charge is -2.07. The molecule has 0 bridgehead atoms. The Morgan fingerprint density at radius 2 is 2.06 bits per heavy atom. The molecule has 2 aromatic rings. The lowest BCUT2D eigenvalue weighted by Crippen LogP contribution is -2.12. The Bertz CT molecular complexity index is 563. The highest BCUT2D eigenvalue weighted by atomic mass is 32.1. The minimum absolute atomic E-state index is 0.149. The van der Waals surface area contributed by atoms with E-state index in [1.54, 1.807) is 6.92 Å². The molecule has 5 heteroatoms. The molecule has 0 saturated carbocycles. The van der Waals surface area contributed by atoms with Gasteiger partial charge in [0, 0.05) is 5.69 Å². The van der Waals surface area contributed by atoms with Crippen LogP contribution in [0.15, 0.2) is 18.2 Å². The van der Waals surface area contributed by atoms with Gasteiger partial charge >= 0.3 is 0 Å². The van der Waals surface area contributed by atoms with Crippen LogP contribution in [0.1, 0.15) is 26.5 Å². The van der Waals surface area contributed by atoms with Crippen molar-refractivity contribution < 1.29 is 4.79 Å². The lowest BCUT2D eigenvalue weighted by molar-refractivity contribution is 0.102. The Morgan fingerprint density at radius 1 is 1.29 bits per heavy atom. The van der Waals surface area contributed by atoms with Crippen molar-refractivity contribution in [2.24, 2.45) is 0 Å². The van der Waals surface area contributed by atoms with E-state index >= 15 is 0 Å². The first kappa shape index (κ1) is 11.7. The molecule has 0 aliphatic rings. The number of rotatable bonds is 2. The van der Waals surface area contributed by atoms with Crippen LogP contribution in [0.5, 0.6) is 0 Å². The van der Waals surface area contributed by atoms with Gasteiger partial charge in [-0.05, 0) is 43.9 Å². The van der Waals surface area contributed by atoms with E-state index in [0.29, 0.717) is 10.6 Å². The Hall–Kier alpha value is -1.75. The van der Waals surface area contributed by atoms with E-state index in [2.05, 4.69) is 14.9 Å². The summed E-state index contributed by atoms with van der Waals surface area (Å²) in [7, 11) is 0. The summed E-state index contributed by atoms with van der Waals surface area (Å²) in [5, 5.41) is 6.70. The van der Waals surface area contributed by atoms with Crippen molar-refractivity contribution in [1.82, 2.24) is 9.59 Å². The van der Waals surface area contributed by atoms with E-state index in [0.717, 1.165) is 22.8 Å². The normalized spacial score (nSPS) is 10.3. The van der Waals surface area contributed by atoms with Crippen LogP contribution in [0, 0.1) is 20.8 Å². The van der Waals surface area contributed by atoms with Gasteiger partial charge in [0.25, 0.3) is 5.91 Å². The highest BCUT2D eigenvalue weighted by Crippen LogP contribution is 2.18. The van der Waals surface area contributed by atoms with E-state index in [9.17, 15) is 4.79 Å². The topological polar surface area (TPSA) is 54.9 Å². The number of hydrogen-bond acceptors (Lipinski definition) is 4. The van der Waals surface area contributed by atoms with Gasteiger partial charge in [0.15, 0.2) is 0 Å². The van der Waals surface area contributed by atoms with Gasteiger partial charge in [-0.2, -0.15) is 0 Å². The summed E-state index contributed by atoms with van der Waals surface area (Å²) >= 11 is 1.11. The molecule has 0 saturated heterocycles. The fraction of sp³-hybridized carbons (Fsp3) is 0.250. The van der Waals surface area contributed by atoms with E-state index in [4.69, 9.17) is 0 Å². The zero-order valence-electron chi connectivity index (χ0n) is 9.94. The fourth-order valence-electron chi connectivity index (χ4n) is 1.57. The number of aryl methyl sites for hydroxylation is 3. The lowest BCUT2D eigenvalue weighted by atomic mass is 10.1. The molecule has 88 valence electrons. The van der Waals surface area contributed by atoms with E-state index in [1.165, 1.54) is 5.56 Å². The van der Waals surface area contributed by atoms with Crippen molar-refractivity contribution in [3.8, 4) is 0 Å². The number of amides is 1. The van der Waals surface area contributed by atoms with Gasteiger partial charge in [0.1, 0.15) is 4.88 Å². The van der Waals surface area contributed by atoms with Crippen LogP contribution >= 0.6 is 11.5 Å². The summed E-state index contributed by atoms with van der Waals surface area (Å²) in [6.07, 6.45) is 0. The summed E-state index contributed by atoms with van der Waals surface area (Å²) in [5.74, 6) is -0.149. The van der Waals surface area contributed by atoms with Gasteiger partial charge in [0.2, 0.25) is 0 Å². The molecular weight excluding hydrogens is 234 g/mol. The number of aromatic nitrogens is 2. The molecular formula is C12H13N3OS. The molecule has 1 aromatic carbocycles. The van der Waals surface area contributed by atoms with Gasteiger partial charge in [-0.25, -0.2) is 0 Å². The van der Waals surface area contributed by atoms with Crippen molar-refractivity contribution in [3.63, 3.8) is 0 Å². The molecule has 1 heterocycles.